The number of aromatic nitrogens is 3. The number of hydrogen-bond acceptors (Lipinski definition) is 3. The summed E-state index contributed by atoms with van der Waals surface area (Å²) in [6, 6.07) is 3.95. The van der Waals surface area contributed by atoms with Crippen molar-refractivity contribution in [1.29, 1.82) is 0 Å². The fourth-order valence-electron chi connectivity index (χ4n) is 1.86. The zero-order valence-electron chi connectivity index (χ0n) is 11.2. The molecule has 0 amide bonds. The fourth-order valence-corrected chi connectivity index (χ4v) is 1.86. The number of aryl methyl sites for hydroxylation is 1. The van der Waals surface area contributed by atoms with Gasteiger partial charge in [0.2, 0.25) is 0 Å². The summed E-state index contributed by atoms with van der Waals surface area (Å²) in [5, 5.41) is 4.27. The smallest absolute Gasteiger partial charge is 0.0680 e. The Morgan fingerprint density at radius 2 is 2.11 bits per heavy atom. The lowest BCUT2D eigenvalue weighted by molar-refractivity contribution is 0.659. The fraction of sp³-hybridized carbons (Fsp3) is 0.429. The largest absolute Gasteiger partial charge is 0.397 e. The molecule has 0 aliphatic rings. The monoisotopic (exact) mass is 244 g/mol. The van der Waals surface area contributed by atoms with E-state index in [1.165, 1.54) is 0 Å². The molecule has 0 unspecified atom stereocenters. The Hall–Kier alpha value is -1.84. The third-order valence-corrected chi connectivity index (χ3v) is 3.00. The molecule has 0 aliphatic heterocycles. The third kappa shape index (κ3) is 2.70. The van der Waals surface area contributed by atoms with Gasteiger partial charge in [-0.25, -0.2) is 0 Å². The molecule has 0 bridgehead atoms. The Morgan fingerprint density at radius 1 is 1.33 bits per heavy atom. The second kappa shape index (κ2) is 5.21. The summed E-state index contributed by atoms with van der Waals surface area (Å²) >= 11 is 0. The van der Waals surface area contributed by atoms with Crippen LogP contribution in [0.1, 0.15) is 43.6 Å². The molecular weight excluding hydrogens is 224 g/mol. The number of anilines is 1. The minimum atomic E-state index is 0.419. The van der Waals surface area contributed by atoms with E-state index in [-0.39, 0.29) is 0 Å². The third-order valence-electron chi connectivity index (χ3n) is 3.00. The average molecular weight is 244 g/mol. The van der Waals surface area contributed by atoms with Gasteiger partial charge in [0.15, 0.2) is 0 Å². The molecule has 0 fully saturated rings. The van der Waals surface area contributed by atoms with Gasteiger partial charge in [-0.1, -0.05) is 13.8 Å². The molecule has 0 spiro atoms. The Kier molecular flexibility index (Phi) is 3.65. The highest BCUT2D eigenvalue weighted by molar-refractivity contribution is 5.45. The van der Waals surface area contributed by atoms with Crippen LogP contribution in [0, 0.1) is 0 Å². The van der Waals surface area contributed by atoms with Gasteiger partial charge >= 0.3 is 0 Å². The number of nitrogens with zero attached hydrogens (tertiary/aromatic N) is 3. The van der Waals surface area contributed by atoms with Crippen molar-refractivity contribution in [2.45, 2.75) is 39.7 Å². The number of rotatable bonds is 4. The molecule has 2 rings (SSSR count). The van der Waals surface area contributed by atoms with Crippen LogP contribution in [0.2, 0.25) is 0 Å². The van der Waals surface area contributed by atoms with Gasteiger partial charge in [0.05, 0.1) is 17.6 Å². The zero-order chi connectivity index (χ0) is 13.1. The lowest BCUT2D eigenvalue weighted by Gasteiger charge is -2.09. The topological polar surface area (TPSA) is 56.7 Å². The van der Waals surface area contributed by atoms with E-state index in [9.17, 15) is 0 Å². The second-order valence-electron chi connectivity index (χ2n) is 4.81. The summed E-state index contributed by atoms with van der Waals surface area (Å²) < 4.78 is 1.91. The second-order valence-corrected chi connectivity index (χ2v) is 4.81. The van der Waals surface area contributed by atoms with Crippen LogP contribution in [0.5, 0.6) is 0 Å². The van der Waals surface area contributed by atoms with Crippen molar-refractivity contribution in [3.8, 4) is 0 Å². The van der Waals surface area contributed by atoms with Crippen molar-refractivity contribution >= 4 is 5.69 Å². The molecule has 0 aromatic carbocycles. The van der Waals surface area contributed by atoms with Crippen LogP contribution in [-0.4, -0.2) is 14.8 Å². The number of hydrogen-bond donors (Lipinski definition) is 1. The summed E-state index contributed by atoms with van der Waals surface area (Å²) in [6.07, 6.45) is 4.67. The first-order valence-corrected chi connectivity index (χ1v) is 6.36. The molecule has 0 saturated carbocycles. The van der Waals surface area contributed by atoms with Crippen LogP contribution in [-0.2, 0) is 13.0 Å². The van der Waals surface area contributed by atoms with Crippen LogP contribution in [0.3, 0.4) is 0 Å². The van der Waals surface area contributed by atoms with Crippen LogP contribution in [0.25, 0.3) is 0 Å². The van der Waals surface area contributed by atoms with E-state index in [1.807, 2.05) is 29.2 Å². The van der Waals surface area contributed by atoms with Crippen LogP contribution >= 0.6 is 0 Å². The summed E-state index contributed by atoms with van der Waals surface area (Å²) in [5.74, 6) is 0.419. The molecule has 2 aromatic rings. The Labute approximate surface area is 108 Å². The maximum Gasteiger partial charge on any atom is 0.0680 e. The highest BCUT2D eigenvalue weighted by atomic mass is 15.3. The van der Waals surface area contributed by atoms with Crippen molar-refractivity contribution in [3.05, 3.63) is 41.5 Å². The van der Waals surface area contributed by atoms with Gasteiger partial charge in [0.25, 0.3) is 0 Å². The highest BCUT2D eigenvalue weighted by Crippen LogP contribution is 2.19. The first-order chi connectivity index (χ1) is 8.60. The van der Waals surface area contributed by atoms with Gasteiger partial charge < -0.3 is 5.73 Å². The van der Waals surface area contributed by atoms with Crippen molar-refractivity contribution in [3.63, 3.8) is 0 Å². The van der Waals surface area contributed by atoms with E-state index < -0.39 is 0 Å². The molecule has 0 saturated heterocycles. The van der Waals surface area contributed by atoms with Gasteiger partial charge in [0, 0.05) is 24.9 Å². The van der Waals surface area contributed by atoms with Gasteiger partial charge in [0.1, 0.15) is 0 Å². The minimum Gasteiger partial charge on any atom is -0.397 e. The van der Waals surface area contributed by atoms with Gasteiger partial charge in [-0.3, -0.25) is 9.67 Å². The predicted octanol–water partition coefficient (Wildman–Crippen LogP) is 2.59. The molecule has 0 aliphatic carbocycles. The average Bonchev–Trinajstić information content (AvgIpc) is 2.79. The summed E-state index contributed by atoms with van der Waals surface area (Å²) in [5.41, 5.74) is 9.92. The van der Waals surface area contributed by atoms with E-state index in [0.29, 0.717) is 5.92 Å². The van der Waals surface area contributed by atoms with E-state index in [2.05, 4.69) is 30.9 Å². The summed E-state index contributed by atoms with van der Waals surface area (Å²) in [6.45, 7) is 7.23. The molecule has 4 nitrogen and oxygen atoms in total. The molecule has 96 valence electrons. The van der Waals surface area contributed by atoms with Crippen LogP contribution in [0.15, 0.2) is 24.5 Å². The minimum absolute atomic E-state index is 0.419. The molecular formula is C14H20N4. The Balaban J connectivity index is 2.24. The van der Waals surface area contributed by atoms with E-state index in [0.717, 1.165) is 35.6 Å². The molecule has 0 atom stereocenters. The summed E-state index contributed by atoms with van der Waals surface area (Å²) in [7, 11) is 0. The highest BCUT2D eigenvalue weighted by Gasteiger charge is 2.08. The SMILES string of the molecule is CCn1cc(Cc2nc(C(C)C)ccc2N)cn1. The first kappa shape index (κ1) is 12.6. The molecule has 4 heteroatoms. The zero-order valence-corrected chi connectivity index (χ0v) is 11.2. The molecule has 18 heavy (non-hydrogen) atoms. The molecule has 0 radical (unpaired) electrons. The van der Waals surface area contributed by atoms with Crippen molar-refractivity contribution in [2.24, 2.45) is 0 Å². The number of nitrogen functional groups attached to an aromatic ring is 1. The van der Waals surface area contributed by atoms with Gasteiger partial charge in [-0.05, 0) is 30.5 Å². The van der Waals surface area contributed by atoms with Crippen LogP contribution in [0.4, 0.5) is 5.69 Å². The molecule has 2 aromatic heterocycles. The van der Waals surface area contributed by atoms with Crippen molar-refractivity contribution in [1.82, 2.24) is 14.8 Å². The Bertz CT molecular complexity index is 528. The number of nitrogens with two attached hydrogens (primary N) is 1. The maximum absolute atomic E-state index is 5.99. The van der Waals surface area contributed by atoms with Gasteiger partial charge in [-0.2, -0.15) is 5.10 Å². The van der Waals surface area contributed by atoms with Crippen LogP contribution < -0.4 is 5.73 Å². The van der Waals surface area contributed by atoms with Gasteiger partial charge in [-0.15, -0.1) is 0 Å². The number of pyridine rings is 1. The van der Waals surface area contributed by atoms with E-state index in [1.54, 1.807) is 0 Å². The predicted molar refractivity (Wildman–Crippen MR) is 73.4 cm³/mol. The molecule has 2 N–H and O–H groups in total. The van der Waals surface area contributed by atoms with Crippen molar-refractivity contribution < 1.29 is 0 Å². The maximum atomic E-state index is 5.99. The Morgan fingerprint density at radius 3 is 2.72 bits per heavy atom. The normalized spacial score (nSPS) is 11.1. The van der Waals surface area contributed by atoms with E-state index in [4.69, 9.17) is 5.73 Å². The lowest BCUT2D eigenvalue weighted by atomic mass is 10.1. The quantitative estimate of drug-likeness (QED) is 0.899. The standard InChI is InChI=1S/C14H20N4/c1-4-18-9-11(8-16-18)7-14-12(15)5-6-13(17-14)10(2)3/h5-6,8-10H,4,7,15H2,1-3H3. The summed E-state index contributed by atoms with van der Waals surface area (Å²) in [4.78, 5) is 4.64. The van der Waals surface area contributed by atoms with Crippen molar-refractivity contribution in [2.75, 3.05) is 5.73 Å². The lowest BCUT2D eigenvalue weighted by Crippen LogP contribution is -2.03. The molecule has 2 heterocycles. The first-order valence-electron chi connectivity index (χ1n) is 6.36. The van der Waals surface area contributed by atoms with E-state index >= 15 is 0 Å².